The van der Waals surface area contributed by atoms with Crippen LogP contribution >= 0.6 is 0 Å². The number of benzene rings is 5. The Morgan fingerprint density at radius 1 is 0.588 bits per heavy atom. The van der Waals surface area contributed by atoms with Crippen molar-refractivity contribution in [3.63, 3.8) is 0 Å². The smallest absolute Gasteiger partial charge is 0.305 e. The van der Waals surface area contributed by atoms with Crippen LogP contribution in [0.5, 0.6) is 0 Å². The molecule has 7 aromatic rings. The van der Waals surface area contributed by atoms with Gasteiger partial charge in [-0.3, -0.25) is 0 Å². The minimum absolute atomic E-state index is 0.0127. The number of hydrogen-bond donors (Lipinski definition) is 1. The number of furan rings is 1. The molecule has 0 amide bonds. The molecule has 0 aliphatic rings. The zero-order valence-corrected chi connectivity index (χ0v) is 18.4. The van der Waals surface area contributed by atoms with Crippen molar-refractivity contribution in [2.45, 2.75) is 0 Å². The van der Waals surface area contributed by atoms with Gasteiger partial charge in [-0.1, -0.05) is 60.7 Å². The number of hydrogen-bond acceptors (Lipinski definition) is 2. The number of rotatable bonds is 3. The van der Waals surface area contributed by atoms with Crippen LogP contribution in [0.15, 0.2) is 114 Å². The second kappa shape index (κ2) is 7.37. The van der Waals surface area contributed by atoms with Crippen LogP contribution in [0.1, 0.15) is 0 Å². The molecule has 5 aromatic carbocycles. The van der Waals surface area contributed by atoms with Gasteiger partial charge in [-0.25, -0.2) is 0 Å². The Bertz CT molecular complexity index is 1850. The molecule has 0 spiro atoms. The Balaban J connectivity index is 1.48. The van der Waals surface area contributed by atoms with Crippen molar-refractivity contribution in [2.75, 3.05) is 0 Å². The van der Waals surface area contributed by atoms with Crippen LogP contribution in [0, 0.1) is 0 Å². The van der Waals surface area contributed by atoms with E-state index in [4.69, 9.17) is 4.42 Å². The van der Waals surface area contributed by atoms with E-state index in [-0.39, 0.29) is 7.48 Å². The van der Waals surface area contributed by atoms with Crippen LogP contribution < -0.4 is 5.46 Å². The van der Waals surface area contributed by atoms with Crippen LogP contribution in [0.25, 0.3) is 60.6 Å². The van der Waals surface area contributed by atoms with Gasteiger partial charge in [0.25, 0.3) is 0 Å². The minimum Gasteiger partial charge on any atom is -0.456 e. The standard InChI is InChI=1S/C30H20BNO2/c33-31-25-10-6-12-29-30(25)24-18-20(14-16-28(24)34-29)19-13-15-27-23(17-19)22-9-4-5-11-26(22)32(27)21-7-2-1-3-8-21/h1-18,31,33H. The van der Waals surface area contributed by atoms with Gasteiger partial charge in [-0.15, -0.1) is 0 Å². The summed E-state index contributed by atoms with van der Waals surface area (Å²) in [5, 5.41) is 14.4. The molecule has 4 heteroatoms. The quantitative estimate of drug-likeness (QED) is 0.329. The lowest BCUT2D eigenvalue weighted by molar-refractivity contribution is 0.615. The van der Waals surface area contributed by atoms with E-state index in [1.165, 1.54) is 21.8 Å². The average Bonchev–Trinajstić information content (AvgIpc) is 3.44. The Morgan fingerprint density at radius 2 is 1.32 bits per heavy atom. The maximum absolute atomic E-state index is 9.87. The van der Waals surface area contributed by atoms with Gasteiger partial charge in [0, 0.05) is 27.2 Å². The summed E-state index contributed by atoms with van der Waals surface area (Å²) in [7, 11) is -0.0127. The summed E-state index contributed by atoms with van der Waals surface area (Å²) >= 11 is 0. The lowest BCUT2D eigenvalue weighted by atomic mass is 9.84. The fraction of sp³-hybridized carbons (Fsp3) is 0. The molecule has 0 unspecified atom stereocenters. The molecule has 2 aromatic heterocycles. The summed E-state index contributed by atoms with van der Waals surface area (Å²) in [5.41, 5.74) is 8.35. The largest absolute Gasteiger partial charge is 0.456 e. The maximum atomic E-state index is 9.87. The predicted octanol–water partition coefficient (Wildman–Crippen LogP) is 6.32. The first-order valence-corrected chi connectivity index (χ1v) is 11.5. The number of fused-ring (bicyclic) bond motifs is 6. The molecular formula is C30H20BNO2. The monoisotopic (exact) mass is 437 g/mol. The summed E-state index contributed by atoms with van der Waals surface area (Å²) in [6, 6.07) is 37.9. The second-order valence-electron chi connectivity index (χ2n) is 8.68. The van der Waals surface area contributed by atoms with E-state index < -0.39 is 0 Å². The van der Waals surface area contributed by atoms with E-state index >= 15 is 0 Å². The Labute approximate surface area is 196 Å². The summed E-state index contributed by atoms with van der Waals surface area (Å²) in [5.74, 6) is 0. The SMILES string of the molecule is OBc1cccc2oc3ccc(-c4ccc5c(c4)c4ccccc4n5-c4ccccc4)cc3c12. The van der Waals surface area contributed by atoms with Gasteiger partial charge >= 0.3 is 7.48 Å². The van der Waals surface area contributed by atoms with Crippen molar-refractivity contribution in [1.29, 1.82) is 0 Å². The molecule has 0 aliphatic heterocycles. The topological polar surface area (TPSA) is 38.3 Å². The number of para-hydroxylation sites is 2. The molecule has 0 fully saturated rings. The molecule has 7 rings (SSSR count). The highest BCUT2D eigenvalue weighted by atomic mass is 16.3. The van der Waals surface area contributed by atoms with Gasteiger partial charge in [0.2, 0.25) is 0 Å². The predicted molar refractivity (Wildman–Crippen MR) is 142 cm³/mol. The summed E-state index contributed by atoms with van der Waals surface area (Å²) in [6.07, 6.45) is 0. The Hall–Kier alpha value is -4.28. The van der Waals surface area contributed by atoms with Gasteiger partial charge in [0.1, 0.15) is 11.2 Å². The Kier molecular flexibility index (Phi) is 4.17. The Morgan fingerprint density at radius 3 is 2.18 bits per heavy atom. The van der Waals surface area contributed by atoms with E-state index in [2.05, 4.69) is 83.4 Å². The molecule has 1 N–H and O–H groups in total. The van der Waals surface area contributed by atoms with Crippen LogP contribution in [0.3, 0.4) is 0 Å². The first kappa shape index (κ1) is 19.2. The molecular weight excluding hydrogens is 417 g/mol. The number of nitrogens with zero attached hydrogens (tertiary/aromatic N) is 1. The van der Waals surface area contributed by atoms with E-state index in [1.54, 1.807) is 0 Å². The molecule has 3 nitrogen and oxygen atoms in total. The zero-order chi connectivity index (χ0) is 22.6. The van der Waals surface area contributed by atoms with Crippen LogP contribution in [0.2, 0.25) is 0 Å². The van der Waals surface area contributed by atoms with E-state index in [9.17, 15) is 5.02 Å². The van der Waals surface area contributed by atoms with Crippen molar-refractivity contribution in [2.24, 2.45) is 0 Å². The first-order valence-electron chi connectivity index (χ1n) is 11.5. The maximum Gasteiger partial charge on any atom is 0.305 e. The molecule has 0 bridgehead atoms. The molecule has 2 heterocycles. The van der Waals surface area contributed by atoms with Gasteiger partial charge in [0.15, 0.2) is 0 Å². The fourth-order valence-corrected chi connectivity index (χ4v) is 5.22. The van der Waals surface area contributed by atoms with Crippen LogP contribution in [0.4, 0.5) is 0 Å². The highest BCUT2D eigenvalue weighted by Gasteiger charge is 2.15. The lowest BCUT2D eigenvalue weighted by Gasteiger charge is -2.08. The third-order valence-electron chi connectivity index (χ3n) is 6.77. The molecule has 0 aliphatic carbocycles. The first-order chi connectivity index (χ1) is 16.8. The molecule has 34 heavy (non-hydrogen) atoms. The highest BCUT2D eigenvalue weighted by molar-refractivity contribution is 6.51. The molecule has 0 saturated carbocycles. The molecule has 160 valence electrons. The summed E-state index contributed by atoms with van der Waals surface area (Å²) in [4.78, 5) is 0. The van der Waals surface area contributed by atoms with E-state index in [0.717, 1.165) is 44.2 Å². The van der Waals surface area contributed by atoms with Crippen molar-refractivity contribution in [3.05, 3.63) is 109 Å². The van der Waals surface area contributed by atoms with Crippen LogP contribution in [-0.4, -0.2) is 17.1 Å². The lowest BCUT2D eigenvalue weighted by Crippen LogP contribution is -2.13. The summed E-state index contributed by atoms with van der Waals surface area (Å²) in [6.45, 7) is 0. The van der Waals surface area contributed by atoms with Crippen molar-refractivity contribution in [3.8, 4) is 16.8 Å². The molecule has 0 radical (unpaired) electrons. The second-order valence-corrected chi connectivity index (χ2v) is 8.68. The zero-order valence-electron chi connectivity index (χ0n) is 18.4. The highest BCUT2D eigenvalue weighted by Crippen LogP contribution is 2.36. The van der Waals surface area contributed by atoms with E-state index in [0.29, 0.717) is 0 Å². The third-order valence-corrected chi connectivity index (χ3v) is 6.77. The van der Waals surface area contributed by atoms with Crippen molar-refractivity contribution < 1.29 is 9.44 Å². The fourth-order valence-electron chi connectivity index (χ4n) is 5.22. The van der Waals surface area contributed by atoms with Crippen molar-refractivity contribution >= 4 is 56.7 Å². The molecule has 0 saturated heterocycles. The average molecular weight is 437 g/mol. The molecule has 0 atom stereocenters. The normalized spacial score (nSPS) is 11.7. The van der Waals surface area contributed by atoms with Gasteiger partial charge in [-0.05, 0) is 65.1 Å². The minimum atomic E-state index is -0.0127. The number of aromatic nitrogens is 1. The van der Waals surface area contributed by atoms with Gasteiger partial charge in [-0.2, -0.15) is 0 Å². The van der Waals surface area contributed by atoms with Gasteiger partial charge in [0.05, 0.1) is 11.0 Å². The third kappa shape index (κ3) is 2.76. The van der Waals surface area contributed by atoms with Crippen LogP contribution in [-0.2, 0) is 0 Å². The van der Waals surface area contributed by atoms with E-state index in [1.807, 2.05) is 30.3 Å². The van der Waals surface area contributed by atoms with Crippen molar-refractivity contribution in [1.82, 2.24) is 4.57 Å². The van der Waals surface area contributed by atoms with Gasteiger partial charge < -0.3 is 14.0 Å². The summed E-state index contributed by atoms with van der Waals surface area (Å²) < 4.78 is 8.38.